The van der Waals surface area contributed by atoms with Crippen LogP contribution in [0.25, 0.3) is 22.5 Å². The van der Waals surface area contributed by atoms with Crippen LogP contribution in [0.5, 0.6) is 0 Å². The highest BCUT2D eigenvalue weighted by Crippen LogP contribution is 2.31. The highest BCUT2D eigenvalue weighted by molar-refractivity contribution is 9.10. The molecule has 0 bridgehead atoms. The minimum atomic E-state index is -0.132. The van der Waals surface area contributed by atoms with E-state index in [1.807, 2.05) is 60.7 Å². The van der Waals surface area contributed by atoms with E-state index in [9.17, 15) is 4.79 Å². The Morgan fingerprint density at radius 3 is 2.33 bits per heavy atom. The Bertz CT molecular complexity index is 1390. The van der Waals surface area contributed by atoms with E-state index in [0.717, 1.165) is 64.3 Å². The summed E-state index contributed by atoms with van der Waals surface area (Å²) in [6, 6.07) is 19.7. The Kier molecular flexibility index (Phi) is 6.89. The maximum absolute atomic E-state index is 13.0. The van der Waals surface area contributed by atoms with Crippen LogP contribution in [0.2, 0.25) is 0 Å². The average molecular weight is 546 g/mol. The van der Waals surface area contributed by atoms with Gasteiger partial charge in [-0.15, -0.1) is 0 Å². The molecule has 0 saturated carbocycles. The molecule has 2 heterocycles. The van der Waals surface area contributed by atoms with E-state index in [0.29, 0.717) is 17.3 Å². The highest BCUT2D eigenvalue weighted by Gasteiger charge is 2.17. The van der Waals surface area contributed by atoms with Crippen molar-refractivity contribution < 1.29 is 9.32 Å². The van der Waals surface area contributed by atoms with Crippen molar-refractivity contribution in [3.8, 4) is 22.5 Å². The molecule has 184 valence electrons. The quantitative estimate of drug-likeness (QED) is 0.342. The summed E-state index contributed by atoms with van der Waals surface area (Å²) in [5.41, 5.74) is 6.64. The molecule has 1 amide bonds. The SMILES string of the molecule is Cc1nc(-c2ccc(-c3ccc(C(=O)Nc4ccc(Br)c(N5CCN(C)CC5)c4)cc3)c(C)c2)no1. The number of hydrogen-bond acceptors (Lipinski definition) is 6. The molecule has 8 heteroatoms. The monoisotopic (exact) mass is 545 g/mol. The predicted molar refractivity (Wildman–Crippen MR) is 146 cm³/mol. The molecular formula is C28H28BrN5O2. The molecule has 7 nitrogen and oxygen atoms in total. The number of piperazine rings is 1. The van der Waals surface area contributed by atoms with Gasteiger partial charge in [-0.1, -0.05) is 29.4 Å². The summed E-state index contributed by atoms with van der Waals surface area (Å²) in [7, 11) is 2.14. The largest absolute Gasteiger partial charge is 0.368 e. The summed E-state index contributed by atoms with van der Waals surface area (Å²) in [5.74, 6) is 0.991. The first-order valence-corrected chi connectivity index (χ1v) is 12.7. The van der Waals surface area contributed by atoms with Crippen LogP contribution in [0, 0.1) is 13.8 Å². The van der Waals surface area contributed by atoms with Crippen molar-refractivity contribution in [2.75, 3.05) is 43.4 Å². The van der Waals surface area contributed by atoms with Gasteiger partial charge in [-0.05, 0) is 83.0 Å². The van der Waals surface area contributed by atoms with E-state index in [2.05, 4.69) is 55.2 Å². The standard InChI is InChI=1S/C28H28BrN5O2/c1-18-16-22(27-30-19(2)36-32-27)8-10-24(18)20-4-6-21(7-5-20)28(35)31-23-9-11-25(29)26(17-23)34-14-12-33(3)13-15-34/h4-11,16-17H,12-15H2,1-3H3,(H,31,35). The molecule has 0 aliphatic carbocycles. The Morgan fingerprint density at radius 2 is 1.67 bits per heavy atom. The van der Waals surface area contributed by atoms with Gasteiger partial charge in [0.25, 0.3) is 5.91 Å². The molecule has 1 saturated heterocycles. The number of aryl methyl sites for hydroxylation is 2. The number of rotatable bonds is 5. The zero-order valence-electron chi connectivity index (χ0n) is 20.6. The molecule has 1 fully saturated rings. The minimum absolute atomic E-state index is 0.132. The number of nitrogens with one attached hydrogen (secondary N) is 1. The van der Waals surface area contributed by atoms with Gasteiger partial charge in [-0.25, -0.2) is 0 Å². The molecule has 36 heavy (non-hydrogen) atoms. The zero-order valence-corrected chi connectivity index (χ0v) is 22.2. The number of nitrogens with zero attached hydrogens (tertiary/aromatic N) is 4. The normalized spacial score (nSPS) is 14.2. The lowest BCUT2D eigenvalue weighted by Crippen LogP contribution is -2.44. The van der Waals surface area contributed by atoms with Crippen LogP contribution in [-0.2, 0) is 0 Å². The van der Waals surface area contributed by atoms with Gasteiger partial charge >= 0.3 is 0 Å². The van der Waals surface area contributed by atoms with Crippen LogP contribution >= 0.6 is 15.9 Å². The number of anilines is 2. The number of hydrogen-bond donors (Lipinski definition) is 1. The van der Waals surface area contributed by atoms with Gasteiger partial charge in [0, 0.05) is 54.4 Å². The fourth-order valence-electron chi connectivity index (χ4n) is 4.43. The Balaban J connectivity index is 1.29. The average Bonchev–Trinajstić information content (AvgIpc) is 3.32. The van der Waals surface area contributed by atoms with Crippen LogP contribution in [-0.4, -0.2) is 54.2 Å². The molecular weight excluding hydrogens is 518 g/mol. The number of likely N-dealkylation sites (N-methyl/N-ethyl adjacent to an activating group) is 1. The van der Waals surface area contributed by atoms with Gasteiger partial charge in [0.2, 0.25) is 11.7 Å². The fourth-order valence-corrected chi connectivity index (χ4v) is 4.93. The number of aromatic nitrogens is 2. The second-order valence-corrected chi connectivity index (χ2v) is 10.0. The molecule has 1 aromatic heterocycles. The van der Waals surface area contributed by atoms with Crippen molar-refractivity contribution >= 4 is 33.2 Å². The summed E-state index contributed by atoms with van der Waals surface area (Å²) >= 11 is 3.67. The second-order valence-electron chi connectivity index (χ2n) is 9.15. The Labute approximate surface area is 219 Å². The molecule has 5 rings (SSSR count). The van der Waals surface area contributed by atoms with Crippen molar-refractivity contribution in [1.29, 1.82) is 0 Å². The Hall–Kier alpha value is -3.49. The molecule has 1 aliphatic rings. The molecule has 3 aromatic carbocycles. The van der Waals surface area contributed by atoms with Crippen molar-refractivity contribution in [1.82, 2.24) is 15.0 Å². The number of benzene rings is 3. The van der Waals surface area contributed by atoms with Gasteiger partial charge in [0.05, 0.1) is 5.69 Å². The maximum Gasteiger partial charge on any atom is 0.255 e. The summed E-state index contributed by atoms with van der Waals surface area (Å²) in [6.07, 6.45) is 0. The van der Waals surface area contributed by atoms with Crippen LogP contribution in [0.3, 0.4) is 0 Å². The van der Waals surface area contributed by atoms with E-state index >= 15 is 0 Å². The third kappa shape index (κ3) is 5.20. The molecule has 4 aromatic rings. The topological polar surface area (TPSA) is 74.5 Å². The fraction of sp³-hybridized carbons (Fsp3) is 0.250. The van der Waals surface area contributed by atoms with Crippen LogP contribution in [0.1, 0.15) is 21.8 Å². The number of amides is 1. The molecule has 0 spiro atoms. The third-order valence-corrected chi connectivity index (χ3v) is 7.19. The summed E-state index contributed by atoms with van der Waals surface area (Å²) in [5, 5.41) is 7.05. The van der Waals surface area contributed by atoms with Crippen LogP contribution < -0.4 is 10.2 Å². The molecule has 0 unspecified atom stereocenters. The summed E-state index contributed by atoms with van der Waals surface area (Å²) in [6.45, 7) is 7.80. The van der Waals surface area contributed by atoms with E-state index in [1.165, 1.54) is 0 Å². The predicted octanol–water partition coefficient (Wildman–Crippen LogP) is 5.79. The first-order valence-electron chi connectivity index (χ1n) is 11.9. The molecule has 0 atom stereocenters. The second kappa shape index (κ2) is 10.2. The van der Waals surface area contributed by atoms with Crippen molar-refractivity contribution in [3.05, 3.63) is 82.2 Å². The summed E-state index contributed by atoms with van der Waals surface area (Å²) < 4.78 is 6.13. The van der Waals surface area contributed by atoms with Gasteiger partial charge in [0.1, 0.15) is 0 Å². The number of carbonyl (C=O) groups excluding carboxylic acids is 1. The highest BCUT2D eigenvalue weighted by atomic mass is 79.9. The van der Waals surface area contributed by atoms with E-state index < -0.39 is 0 Å². The molecule has 1 aliphatic heterocycles. The van der Waals surface area contributed by atoms with E-state index in [-0.39, 0.29) is 5.91 Å². The first kappa shape index (κ1) is 24.2. The van der Waals surface area contributed by atoms with Gasteiger partial charge in [-0.2, -0.15) is 4.98 Å². The van der Waals surface area contributed by atoms with E-state index in [1.54, 1.807) is 6.92 Å². The van der Waals surface area contributed by atoms with Gasteiger partial charge in [0.15, 0.2) is 0 Å². The van der Waals surface area contributed by atoms with Crippen LogP contribution in [0.15, 0.2) is 69.7 Å². The van der Waals surface area contributed by atoms with E-state index in [4.69, 9.17) is 4.52 Å². The first-order chi connectivity index (χ1) is 17.4. The lowest BCUT2D eigenvalue weighted by Gasteiger charge is -2.34. The number of halogens is 1. The van der Waals surface area contributed by atoms with Crippen molar-refractivity contribution in [3.63, 3.8) is 0 Å². The Morgan fingerprint density at radius 1 is 0.944 bits per heavy atom. The van der Waals surface area contributed by atoms with Gasteiger partial charge in [-0.3, -0.25) is 4.79 Å². The van der Waals surface area contributed by atoms with Crippen LogP contribution in [0.4, 0.5) is 11.4 Å². The molecule has 1 N–H and O–H groups in total. The minimum Gasteiger partial charge on any atom is -0.368 e. The third-order valence-electron chi connectivity index (χ3n) is 6.52. The summed E-state index contributed by atoms with van der Waals surface area (Å²) in [4.78, 5) is 22.0. The number of carbonyl (C=O) groups is 1. The molecule has 0 radical (unpaired) electrons. The maximum atomic E-state index is 13.0. The zero-order chi connectivity index (χ0) is 25.2. The van der Waals surface area contributed by atoms with Gasteiger partial charge < -0.3 is 19.6 Å². The smallest absolute Gasteiger partial charge is 0.255 e. The van der Waals surface area contributed by atoms with Crippen molar-refractivity contribution in [2.24, 2.45) is 0 Å². The lowest BCUT2D eigenvalue weighted by molar-refractivity contribution is 0.102. The van der Waals surface area contributed by atoms with Crippen molar-refractivity contribution in [2.45, 2.75) is 13.8 Å². The lowest BCUT2D eigenvalue weighted by atomic mass is 9.97.